The van der Waals surface area contributed by atoms with Gasteiger partial charge in [-0.1, -0.05) is 0 Å². The summed E-state index contributed by atoms with van der Waals surface area (Å²) in [6.45, 7) is 0. The van der Waals surface area contributed by atoms with E-state index in [0.717, 1.165) is 0 Å². The van der Waals surface area contributed by atoms with Gasteiger partial charge in [-0.2, -0.15) is 10.5 Å². The summed E-state index contributed by atoms with van der Waals surface area (Å²) in [5.74, 6) is 0.296. The fourth-order valence-electron chi connectivity index (χ4n) is 1.39. The summed E-state index contributed by atoms with van der Waals surface area (Å²) < 4.78 is 0. The van der Waals surface area contributed by atoms with E-state index in [0.29, 0.717) is 25.7 Å². The molecule has 0 aromatic rings. The molecule has 4 nitrogen and oxygen atoms in total. The molecule has 14 heavy (non-hydrogen) atoms. The summed E-state index contributed by atoms with van der Waals surface area (Å²) in [7, 11) is 0. The Morgan fingerprint density at radius 1 is 0.786 bits per heavy atom. The average Bonchev–Trinajstić information content (AvgIpc) is 2.08. The van der Waals surface area contributed by atoms with Gasteiger partial charge in [0, 0.05) is 0 Å². The van der Waals surface area contributed by atoms with E-state index >= 15 is 0 Å². The molecule has 2 aliphatic carbocycles. The molecule has 0 saturated heterocycles. The highest BCUT2D eigenvalue weighted by atomic mass is 16.3. The summed E-state index contributed by atoms with van der Waals surface area (Å²) in [5.41, 5.74) is 0. The van der Waals surface area contributed by atoms with E-state index in [1.165, 1.54) is 0 Å². The number of hydrogen-bond donors (Lipinski definition) is 2. The molecule has 76 valence electrons. The third-order valence-electron chi connectivity index (χ3n) is 2.59. The van der Waals surface area contributed by atoms with E-state index in [-0.39, 0.29) is 24.0 Å². The fraction of sp³-hybridized carbons (Fsp3) is 0.800. The van der Waals surface area contributed by atoms with Crippen molar-refractivity contribution in [3.63, 3.8) is 0 Å². The molecule has 0 bridgehead atoms. The van der Waals surface area contributed by atoms with Crippen LogP contribution in [0.4, 0.5) is 0 Å². The van der Waals surface area contributed by atoms with Crippen LogP contribution >= 0.6 is 0 Å². The number of rotatable bonds is 0. The van der Waals surface area contributed by atoms with Crippen molar-refractivity contribution in [2.45, 2.75) is 37.9 Å². The SMILES string of the molecule is N#CC1CC(O)C1.N#CC1CC(O)C1. The third kappa shape index (κ3) is 2.99. The Bertz CT molecular complexity index is 226. The van der Waals surface area contributed by atoms with Crippen molar-refractivity contribution in [1.29, 1.82) is 10.5 Å². The minimum absolute atomic E-state index is 0.148. The first kappa shape index (κ1) is 11.0. The molecule has 0 aromatic heterocycles. The molecule has 0 radical (unpaired) electrons. The van der Waals surface area contributed by atoms with Crippen LogP contribution in [0, 0.1) is 34.5 Å². The summed E-state index contributed by atoms with van der Waals surface area (Å²) in [6.07, 6.45) is 2.41. The van der Waals surface area contributed by atoms with Crippen LogP contribution in [-0.2, 0) is 0 Å². The Balaban J connectivity index is 0.000000140. The van der Waals surface area contributed by atoms with Crippen LogP contribution in [0.5, 0.6) is 0 Å². The van der Waals surface area contributed by atoms with E-state index in [1.807, 2.05) is 0 Å². The second-order valence-corrected chi connectivity index (χ2v) is 3.90. The first-order chi connectivity index (χ1) is 6.65. The molecule has 0 heterocycles. The maximum absolute atomic E-state index is 8.60. The molecule has 2 aliphatic rings. The Morgan fingerprint density at radius 2 is 1.07 bits per heavy atom. The first-order valence-corrected chi connectivity index (χ1v) is 4.81. The molecule has 0 aromatic carbocycles. The van der Waals surface area contributed by atoms with Gasteiger partial charge in [-0.25, -0.2) is 0 Å². The molecule has 2 rings (SSSR count). The summed E-state index contributed by atoms with van der Waals surface area (Å²) in [5, 5.41) is 33.5. The van der Waals surface area contributed by atoms with Crippen molar-refractivity contribution in [3.8, 4) is 12.1 Å². The molecule has 0 aliphatic heterocycles. The summed E-state index contributed by atoms with van der Waals surface area (Å²) in [6, 6.07) is 4.14. The van der Waals surface area contributed by atoms with Crippen LogP contribution in [0.2, 0.25) is 0 Å². The smallest absolute Gasteiger partial charge is 0.0657 e. The van der Waals surface area contributed by atoms with Crippen LogP contribution in [-0.4, -0.2) is 22.4 Å². The number of hydrogen-bond acceptors (Lipinski definition) is 4. The van der Waals surface area contributed by atoms with Crippen molar-refractivity contribution in [3.05, 3.63) is 0 Å². The highest BCUT2D eigenvalue weighted by Gasteiger charge is 2.26. The van der Waals surface area contributed by atoms with Crippen molar-refractivity contribution in [2.24, 2.45) is 11.8 Å². The molecule has 0 amide bonds. The van der Waals surface area contributed by atoms with Gasteiger partial charge in [0.05, 0.1) is 36.2 Å². The van der Waals surface area contributed by atoms with E-state index in [9.17, 15) is 0 Å². The van der Waals surface area contributed by atoms with Gasteiger partial charge < -0.3 is 10.2 Å². The van der Waals surface area contributed by atoms with Crippen LogP contribution in [0.25, 0.3) is 0 Å². The van der Waals surface area contributed by atoms with Crippen LogP contribution in [0.15, 0.2) is 0 Å². The minimum Gasteiger partial charge on any atom is -0.393 e. The lowest BCUT2D eigenvalue weighted by Gasteiger charge is -2.24. The molecule has 0 atom stereocenters. The number of aliphatic hydroxyl groups excluding tert-OH is 2. The first-order valence-electron chi connectivity index (χ1n) is 4.81. The maximum atomic E-state index is 8.60. The van der Waals surface area contributed by atoms with Gasteiger partial charge >= 0.3 is 0 Å². The topological polar surface area (TPSA) is 88.0 Å². The van der Waals surface area contributed by atoms with Gasteiger partial charge in [-0.05, 0) is 25.7 Å². The molecule has 2 N–H and O–H groups in total. The molecule has 0 spiro atoms. The normalized spacial score (nSPS) is 38.9. The van der Waals surface area contributed by atoms with Crippen molar-refractivity contribution in [1.82, 2.24) is 0 Å². The molecule has 2 saturated carbocycles. The van der Waals surface area contributed by atoms with Gasteiger partial charge in [0.25, 0.3) is 0 Å². The zero-order valence-electron chi connectivity index (χ0n) is 7.93. The summed E-state index contributed by atoms with van der Waals surface area (Å²) >= 11 is 0. The van der Waals surface area contributed by atoms with E-state index < -0.39 is 0 Å². The number of nitriles is 2. The van der Waals surface area contributed by atoms with Gasteiger partial charge in [-0.15, -0.1) is 0 Å². The monoisotopic (exact) mass is 194 g/mol. The van der Waals surface area contributed by atoms with Crippen LogP contribution in [0.3, 0.4) is 0 Å². The zero-order chi connectivity index (χ0) is 10.6. The highest BCUT2D eigenvalue weighted by molar-refractivity contribution is 4.94. The quantitative estimate of drug-likeness (QED) is 0.589. The van der Waals surface area contributed by atoms with Gasteiger partial charge in [0.15, 0.2) is 0 Å². The van der Waals surface area contributed by atoms with Crippen molar-refractivity contribution in [2.75, 3.05) is 0 Å². The lowest BCUT2D eigenvalue weighted by Crippen LogP contribution is -2.26. The Morgan fingerprint density at radius 3 is 1.14 bits per heavy atom. The molecular formula is C10H14N2O2. The molecule has 2 fully saturated rings. The Hall–Kier alpha value is -1.10. The Kier molecular flexibility index (Phi) is 3.88. The minimum atomic E-state index is -0.176. The lowest BCUT2D eigenvalue weighted by molar-refractivity contribution is 0.0654. The maximum Gasteiger partial charge on any atom is 0.0657 e. The predicted molar refractivity (Wildman–Crippen MR) is 48.7 cm³/mol. The standard InChI is InChI=1S/2C5H7NO/c2*6-3-4-1-5(7)2-4/h2*4-5,7H,1-2H2. The average molecular weight is 194 g/mol. The molecule has 4 heteroatoms. The lowest BCUT2D eigenvalue weighted by atomic mass is 9.84. The number of aliphatic hydroxyl groups is 2. The predicted octanol–water partition coefficient (Wildman–Crippen LogP) is 0.562. The molecular weight excluding hydrogens is 180 g/mol. The number of nitrogens with zero attached hydrogens (tertiary/aromatic N) is 2. The van der Waals surface area contributed by atoms with Gasteiger partial charge in [-0.3, -0.25) is 0 Å². The second kappa shape index (κ2) is 4.95. The van der Waals surface area contributed by atoms with Gasteiger partial charge in [0.2, 0.25) is 0 Å². The van der Waals surface area contributed by atoms with Crippen LogP contribution < -0.4 is 0 Å². The van der Waals surface area contributed by atoms with Crippen molar-refractivity contribution < 1.29 is 10.2 Å². The third-order valence-corrected chi connectivity index (χ3v) is 2.59. The van der Waals surface area contributed by atoms with Crippen molar-refractivity contribution >= 4 is 0 Å². The Labute approximate surface area is 83.4 Å². The second-order valence-electron chi connectivity index (χ2n) is 3.90. The largest absolute Gasteiger partial charge is 0.393 e. The zero-order valence-corrected chi connectivity index (χ0v) is 7.93. The fourth-order valence-corrected chi connectivity index (χ4v) is 1.39. The van der Waals surface area contributed by atoms with E-state index in [1.54, 1.807) is 0 Å². The van der Waals surface area contributed by atoms with E-state index in [4.69, 9.17) is 20.7 Å². The van der Waals surface area contributed by atoms with Crippen LogP contribution in [0.1, 0.15) is 25.7 Å². The van der Waals surface area contributed by atoms with Gasteiger partial charge in [0.1, 0.15) is 0 Å². The summed E-state index contributed by atoms with van der Waals surface area (Å²) in [4.78, 5) is 0. The van der Waals surface area contributed by atoms with E-state index in [2.05, 4.69) is 12.1 Å². The molecule has 0 unspecified atom stereocenters. The highest BCUT2D eigenvalue weighted by Crippen LogP contribution is 2.25.